The van der Waals surface area contributed by atoms with Crippen LogP contribution in [-0.2, 0) is 0 Å². The molecule has 0 radical (unpaired) electrons. The molecule has 0 saturated heterocycles. The summed E-state index contributed by atoms with van der Waals surface area (Å²) in [5.74, 6) is 1.67. The molecule has 0 amide bonds. The first kappa shape index (κ1) is 15.0. The quantitative estimate of drug-likeness (QED) is 0.629. The average molecular weight is 323 g/mol. The van der Waals surface area contributed by atoms with Gasteiger partial charge in [-0.2, -0.15) is 0 Å². The molecule has 0 unspecified atom stereocenters. The summed E-state index contributed by atoms with van der Waals surface area (Å²) in [6.45, 7) is 0. The molecule has 4 heteroatoms. The van der Waals surface area contributed by atoms with E-state index in [1.807, 2.05) is 91.0 Å². The molecule has 25 heavy (non-hydrogen) atoms. The van der Waals surface area contributed by atoms with Crippen molar-refractivity contribution in [2.75, 3.05) is 0 Å². The SMILES string of the molecule is c1ccc(N=C2N=C(c3ccccc3)[N-]C2=Nc2ccccc2)cc1. The third-order valence-electron chi connectivity index (χ3n) is 3.64. The second kappa shape index (κ2) is 6.93. The predicted molar refractivity (Wildman–Crippen MR) is 103 cm³/mol. The van der Waals surface area contributed by atoms with Crippen LogP contribution in [0, 0.1) is 0 Å². The van der Waals surface area contributed by atoms with E-state index in [-0.39, 0.29) is 0 Å². The van der Waals surface area contributed by atoms with Crippen LogP contribution >= 0.6 is 0 Å². The Morgan fingerprint density at radius 3 is 1.72 bits per heavy atom. The Bertz CT molecular complexity index is 943. The van der Waals surface area contributed by atoms with Crippen molar-refractivity contribution in [2.24, 2.45) is 15.0 Å². The standard InChI is InChI=1S/C21H15N4/c1-4-10-16(11-5-1)19-24-20(22-17-12-6-2-7-13-17)21(25-19)23-18-14-8-3-9-15-18/h1-15H/q-1. The lowest BCUT2D eigenvalue weighted by molar-refractivity contribution is 1.48. The van der Waals surface area contributed by atoms with Crippen molar-refractivity contribution in [1.82, 2.24) is 0 Å². The summed E-state index contributed by atoms with van der Waals surface area (Å²) in [5, 5.41) is 4.60. The highest BCUT2D eigenvalue weighted by Gasteiger charge is 2.12. The highest BCUT2D eigenvalue weighted by molar-refractivity contribution is 6.58. The van der Waals surface area contributed by atoms with Crippen LogP contribution in [0.3, 0.4) is 0 Å². The lowest BCUT2D eigenvalue weighted by Crippen LogP contribution is -2.04. The summed E-state index contributed by atoms with van der Waals surface area (Å²) in [6, 6.07) is 29.3. The number of aliphatic imine (C=N–C) groups is 3. The highest BCUT2D eigenvalue weighted by Crippen LogP contribution is 2.22. The molecule has 0 aromatic heterocycles. The van der Waals surface area contributed by atoms with Crippen LogP contribution in [0.1, 0.15) is 5.56 Å². The number of rotatable bonds is 3. The van der Waals surface area contributed by atoms with Gasteiger partial charge >= 0.3 is 0 Å². The molecule has 1 heterocycles. The molecule has 3 aromatic rings. The van der Waals surface area contributed by atoms with Gasteiger partial charge < -0.3 is 15.3 Å². The lowest BCUT2D eigenvalue weighted by Gasteiger charge is -2.10. The van der Waals surface area contributed by atoms with Crippen LogP contribution in [-0.4, -0.2) is 17.5 Å². The molecule has 4 nitrogen and oxygen atoms in total. The van der Waals surface area contributed by atoms with Gasteiger partial charge in [-0.05, 0) is 23.4 Å². The van der Waals surface area contributed by atoms with Crippen LogP contribution in [0.5, 0.6) is 0 Å². The Morgan fingerprint density at radius 2 is 1.12 bits per heavy atom. The first-order chi connectivity index (χ1) is 12.4. The summed E-state index contributed by atoms with van der Waals surface area (Å²) in [4.78, 5) is 13.8. The van der Waals surface area contributed by atoms with Gasteiger partial charge in [-0.25, -0.2) is 4.99 Å². The fourth-order valence-electron chi connectivity index (χ4n) is 2.44. The first-order valence-corrected chi connectivity index (χ1v) is 8.02. The molecule has 120 valence electrons. The zero-order valence-electron chi connectivity index (χ0n) is 13.4. The zero-order chi connectivity index (χ0) is 16.9. The van der Waals surface area contributed by atoms with E-state index in [1.54, 1.807) is 0 Å². The summed E-state index contributed by atoms with van der Waals surface area (Å²) in [6.07, 6.45) is 0. The summed E-state index contributed by atoms with van der Waals surface area (Å²) in [5.41, 5.74) is 2.60. The second-order valence-electron chi connectivity index (χ2n) is 5.46. The fraction of sp³-hybridized carbons (Fsp3) is 0. The molecule has 0 aliphatic carbocycles. The minimum atomic E-state index is 0.522. The second-order valence-corrected chi connectivity index (χ2v) is 5.46. The van der Waals surface area contributed by atoms with Gasteiger partial charge in [-0.1, -0.05) is 78.9 Å². The van der Waals surface area contributed by atoms with Crippen molar-refractivity contribution < 1.29 is 0 Å². The maximum Gasteiger partial charge on any atom is 0.0972 e. The minimum Gasteiger partial charge on any atom is -0.359 e. The average Bonchev–Trinajstić information content (AvgIpc) is 3.06. The number of hydrogen-bond donors (Lipinski definition) is 0. The Hall–Kier alpha value is -3.53. The normalized spacial score (nSPS) is 16.7. The van der Waals surface area contributed by atoms with Crippen molar-refractivity contribution in [1.29, 1.82) is 0 Å². The molecular formula is C21H15N4-. The van der Waals surface area contributed by atoms with E-state index in [2.05, 4.69) is 20.3 Å². The number of amidine groups is 3. The van der Waals surface area contributed by atoms with E-state index in [1.165, 1.54) is 0 Å². The van der Waals surface area contributed by atoms with Gasteiger partial charge in [-0.3, -0.25) is 0 Å². The van der Waals surface area contributed by atoms with Crippen molar-refractivity contribution in [2.45, 2.75) is 0 Å². The Labute approximate surface area is 146 Å². The third-order valence-corrected chi connectivity index (χ3v) is 3.64. The first-order valence-electron chi connectivity index (χ1n) is 8.02. The Balaban J connectivity index is 1.76. The van der Waals surface area contributed by atoms with Gasteiger partial charge in [0.25, 0.3) is 0 Å². The molecule has 0 spiro atoms. The molecular weight excluding hydrogens is 308 g/mol. The predicted octanol–water partition coefficient (Wildman–Crippen LogP) is 5.28. The monoisotopic (exact) mass is 323 g/mol. The molecule has 4 rings (SSSR count). The molecule has 0 saturated carbocycles. The smallest absolute Gasteiger partial charge is 0.0972 e. The molecule has 1 aliphatic rings. The molecule has 0 atom stereocenters. The molecule has 0 bridgehead atoms. The van der Waals surface area contributed by atoms with Crippen LogP contribution in [0.4, 0.5) is 11.4 Å². The third kappa shape index (κ3) is 3.53. The largest absolute Gasteiger partial charge is 0.359 e. The van der Waals surface area contributed by atoms with Gasteiger partial charge in [0.1, 0.15) is 0 Å². The van der Waals surface area contributed by atoms with Crippen LogP contribution < -0.4 is 0 Å². The molecule has 0 fully saturated rings. The van der Waals surface area contributed by atoms with Crippen molar-refractivity contribution in [3.63, 3.8) is 0 Å². The number of para-hydroxylation sites is 2. The van der Waals surface area contributed by atoms with E-state index in [4.69, 9.17) is 0 Å². The van der Waals surface area contributed by atoms with Crippen molar-refractivity contribution >= 4 is 28.9 Å². The topological polar surface area (TPSA) is 51.2 Å². The van der Waals surface area contributed by atoms with Crippen molar-refractivity contribution in [3.8, 4) is 0 Å². The van der Waals surface area contributed by atoms with Gasteiger partial charge in [0.2, 0.25) is 0 Å². The van der Waals surface area contributed by atoms with Gasteiger partial charge in [0, 0.05) is 11.7 Å². The maximum absolute atomic E-state index is 4.62. The highest BCUT2D eigenvalue weighted by atomic mass is 15.2. The van der Waals surface area contributed by atoms with Crippen LogP contribution in [0.15, 0.2) is 106 Å². The van der Waals surface area contributed by atoms with Crippen LogP contribution in [0.25, 0.3) is 5.32 Å². The molecule has 1 aliphatic heterocycles. The number of nitrogens with zero attached hydrogens (tertiary/aromatic N) is 4. The van der Waals surface area contributed by atoms with E-state index in [0.29, 0.717) is 17.5 Å². The van der Waals surface area contributed by atoms with E-state index < -0.39 is 0 Å². The number of benzene rings is 3. The fourth-order valence-corrected chi connectivity index (χ4v) is 2.44. The summed E-state index contributed by atoms with van der Waals surface area (Å²) in [7, 11) is 0. The zero-order valence-corrected chi connectivity index (χ0v) is 13.4. The summed E-state index contributed by atoms with van der Waals surface area (Å²) < 4.78 is 0. The van der Waals surface area contributed by atoms with Crippen LogP contribution in [0.2, 0.25) is 0 Å². The molecule has 3 aromatic carbocycles. The van der Waals surface area contributed by atoms with E-state index in [9.17, 15) is 0 Å². The lowest BCUT2D eigenvalue weighted by atomic mass is 10.2. The Morgan fingerprint density at radius 1 is 0.600 bits per heavy atom. The van der Waals surface area contributed by atoms with Crippen molar-refractivity contribution in [3.05, 3.63) is 102 Å². The van der Waals surface area contributed by atoms with Gasteiger partial charge in [0.15, 0.2) is 0 Å². The minimum absolute atomic E-state index is 0.522. The summed E-state index contributed by atoms with van der Waals surface area (Å²) >= 11 is 0. The van der Waals surface area contributed by atoms with Gasteiger partial charge in [0.05, 0.1) is 11.5 Å². The van der Waals surface area contributed by atoms with Gasteiger partial charge in [-0.15, -0.1) is 0 Å². The van der Waals surface area contributed by atoms with E-state index >= 15 is 0 Å². The van der Waals surface area contributed by atoms with E-state index in [0.717, 1.165) is 16.9 Å². The maximum atomic E-state index is 4.62. The molecule has 0 N–H and O–H groups in total. The number of hydrogen-bond acceptors (Lipinski definition) is 2. The Kier molecular flexibility index (Phi) is 4.16.